The van der Waals surface area contributed by atoms with Gasteiger partial charge in [0.25, 0.3) is 0 Å². The number of hydrogen-bond donors (Lipinski definition) is 0. The quantitative estimate of drug-likeness (QED) is 0.519. The van der Waals surface area contributed by atoms with E-state index in [2.05, 4.69) is 30.5 Å². The monoisotopic (exact) mass is 432 g/mol. The molecule has 0 aliphatic carbocycles. The molecule has 0 spiro atoms. The molecule has 0 radical (unpaired) electrons. The van der Waals surface area contributed by atoms with Crippen molar-refractivity contribution < 1.29 is 4.79 Å². The highest BCUT2D eigenvalue weighted by Gasteiger charge is 2.22. The lowest BCUT2D eigenvalue weighted by atomic mass is 9.93. The van der Waals surface area contributed by atoms with Crippen molar-refractivity contribution in [3.63, 3.8) is 0 Å². The first-order valence-corrected chi connectivity index (χ1v) is 11.5. The van der Waals surface area contributed by atoms with Gasteiger partial charge in [-0.1, -0.05) is 6.07 Å². The summed E-state index contributed by atoms with van der Waals surface area (Å²) in [5, 5.41) is 0. The van der Waals surface area contributed by atoms with E-state index in [-0.39, 0.29) is 5.91 Å². The van der Waals surface area contributed by atoms with Crippen LogP contribution >= 0.6 is 0 Å². The van der Waals surface area contributed by atoms with Crippen molar-refractivity contribution in [1.29, 1.82) is 0 Å². The number of carbonyl (C=O) groups is 1. The van der Waals surface area contributed by atoms with Gasteiger partial charge in [0, 0.05) is 75.7 Å². The van der Waals surface area contributed by atoms with Crippen LogP contribution in [0.25, 0.3) is 5.95 Å². The van der Waals surface area contributed by atoms with E-state index < -0.39 is 0 Å². The molecule has 168 valence electrons. The number of rotatable bonds is 9. The van der Waals surface area contributed by atoms with E-state index in [0.717, 1.165) is 38.2 Å². The number of piperidine rings is 1. The SMILES string of the molecule is CN(CCc1ccccn1)C(=O)CCC1CCCN(Cc2cccn2-c2ncccn2)C1. The van der Waals surface area contributed by atoms with Crippen LogP contribution in [0.3, 0.4) is 0 Å². The van der Waals surface area contributed by atoms with Crippen LogP contribution in [0.4, 0.5) is 0 Å². The predicted octanol–water partition coefficient (Wildman–Crippen LogP) is 3.36. The summed E-state index contributed by atoms with van der Waals surface area (Å²) in [5.74, 6) is 1.50. The predicted molar refractivity (Wildman–Crippen MR) is 124 cm³/mol. The fourth-order valence-corrected chi connectivity index (χ4v) is 4.39. The molecular weight excluding hydrogens is 400 g/mol. The lowest BCUT2D eigenvalue weighted by molar-refractivity contribution is -0.130. The number of likely N-dealkylation sites (N-methyl/N-ethyl adjacent to an activating group) is 1. The van der Waals surface area contributed by atoms with Gasteiger partial charge in [0.2, 0.25) is 11.9 Å². The van der Waals surface area contributed by atoms with Gasteiger partial charge in [-0.3, -0.25) is 19.2 Å². The maximum atomic E-state index is 12.6. The smallest absolute Gasteiger partial charge is 0.233 e. The van der Waals surface area contributed by atoms with E-state index >= 15 is 0 Å². The Hall–Kier alpha value is -3.06. The van der Waals surface area contributed by atoms with Crippen molar-refractivity contribution in [3.05, 3.63) is 72.6 Å². The minimum absolute atomic E-state index is 0.230. The van der Waals surface area contributed by atoms with Gasteiger partial charge < -0.3 is 4.90 Å². The molecule has 3 aromatic heterocycles. The topological polar surface area (TPSA) is 67.2 Å². The summed E-state index contributed by atoms with van der Waals surface area (Å²) in [4.78, 5) is 30.1. The second kappa shape index (κ2) is 11.0. The van der Waals surface area contributed by atoms with Crippen molar-refractivity contribution in [2.24, 2.45) is 5.92 Å². The second-order valence-electron chi connectivity index (χ2n) is 8.59. The molecule has 1 fully saturated rings. The zero-order valence-electron chi connectivity index (χ0n) is 18.8. The van der Waals surface area contributed by atoms with E-state index in [0.29, 0.717) is 24.8 Å². The Morgan fingerprint density at radius 3 is 2.75 bits per heavy atom. The summed E-state index contributed by atoms with van der Waals surface area (Å²) >= 11 is 0. The zero-order chi connectivity index (χ0) is 22.2. The third-order valence-electron chi connectivity index (χ3n) is 6.21. The van der Waals surface area contributed by atoms with Crippen LogP contribution < -0.4 is 0 Å². The van der Waals surface area contributed by atoms with Gasteiger partial charge >= 0.3 is 0 Å². The summed E-state index contributed by atoms with van der Waals surface area (Å²) in [5.41, 5.74) is 2.22. The molecule has 7 heteroatoms. The molecule has 1 aliphatic heterocycles. The highest BCUT2D eigenvalue weighted by atomic mass is 16.2. The standard InChI is InChI=1S/C25H32N6O/c1-29(18-12-22-8-2-3-13-26-22)24(32)11-10-21-7-4-16-30(19-21)20-23-9-5-17-31(23)25-27-14-6-15-28-25/h2-3,5-6,8-9,13-15,17,21H,4,7,10-12,16,18-20H2,1H3. The van der Waals surface area contributed by atoms with Crippen molar-refractivity contribution in [3.8, 4) is 5.95 Å². The van der Waals surface area contributed by atoms with Crippen LogP contribution in [0.1, 0.15) is 37.1 Å². The summed E-state index contributed by atoms with van der Waals surface area (Å²) < 4.78 is 2.06. The third kappa shape index (κ3) is 6.01. The van der Waals surface area contributed by atoms with Gasteiger partial charge in [0.05, 0.1) is 0 Å². The molecule has 4 rings (SSSR count). The van der Waals surface area contributed by atoms with E-state index in [1.165, 1.54) is 18.5 Å². The molecule has 0 N–H and O–H groups in total. The summed E-state index contributed by atoms with van der Waals surface area (Å²) in [6.45, 7) is 3.71. The number of hydrogen-bond acceptors (Lipinski definition) is 5. The van der Waals surface area contributed by atoms with Crippen LogP contribution in [0.5, 0.6) is 0 Å². The molecule has 1 saturated heterocycles. The van der Waals surface area contributed by atoms with Crippen LogP contribution in [0.2, 0.25) is 0 Å². The van der Waals surface area contributed by atoms with Crippen molar-refractivity contribution in [1.82, 2.24) is 29.3 Å². The largest absolute Gasteiger partial charge is 0.345 e. The molecule has 4 heterocycles. The molecule has 0 saturated carbocycles. The maximum Gasteiger partial charge on any atom is 0.233 e. The van der Waals surface area contributed by atoms with E-state index in [1.54, 1.807) is 18.6 Å². The molecule has 3 aromatic rings. The normalized spacial score (nSPS) is 16.7. The number of nitrogens with zero attached hydrogens (tertiary/aromatic N) is 6. The molecule has 0 aromatic carbocycles. The Kier molecular flexibility index (Phi) is 7.61. The van der Waals surface area contributed by atoms with Gasteiger partial charge in [-0.05, 0) is 62.1 Å². The molecule has 0 bridgehead atoms. The molecule has 32 heavy (non-hydrogen) atoms. The van der Waals surface area contributed by atoms with Crippen LogP contribution in [0.15, 0.2) is 61.2 Å². The molecular formula is C25H32N6O. The van der Waals surface area contributed by atoms with Crippen LogP contribution in [-0.4, -0.2) is 61.9 Å². The first-order valence-electron chi connectivity index (χ1n) is 11.5. The number of likely N-dealkylation sites (tertiary alicyclic amines) is 1. The van der Waals surface area contributed by atoms with Gasteiger partial charge in [-0.25, -0.2) is 9.97 Å². The minimum atomic E-state index is 0.230. The van der Waals surface area contributed by atoms with Crippen molar-refractivity contribution in [2.75, 3.05) is 26.7 Å². The first kappa shape index (κ1) is 22.1. The fourth-order valence-electron chi connectivity index (χ4n) is 4.39. The second-order valence-corrected chi connectivity index (χ2v) is 8.59. The molecule has 1 unspecified atom stereocenters. The fraction of sp³-hybridized carbons (Fsp3) is 0.440. The highest BCUT2D eigenvalue weighted by Crippen LogP contribution is 2.23. The van der Waals surface area contributed by atoms with Crippen molar-refractivity contribution in [2.45, 2.75) is 38.6 Å². The number of carbonyl (C=O) groups excluding carboxylic acids is 1. The summed E-state index contributed by atoms with van der Waals surface area (Å²) in [6.07, 6.45) is 12.1. The lowest BCUT2D eigenvalue weighted by Gasteiger charge is -2.33. The Morgan fingerprint density at radius 1 is 1.09 bits per heavy atom. The Labute approximate surface area is 190 Å². The third-order valence-corrected chi connectivity index (χ3v) is 6.21. The van der Waals surface area contributed by atoms with E-state index in [1.807, 2.05) is 48.5 Å². The molecule has 1 atom stereocenters. The average molecular weight is 433 g/mol. The number of pyridine rings is 1. The summed E-state index contributed by atoms with van der Waals surface area (Å²) in [6, 6.07) is 11.9. The molecule has 1 aliphatic rings. The Balaban J connectivity index is 1.24. The van der Waals surface area contributed by atoms with Gasteiger partial charge in [0.15, 0.2) is 0 Å². The van der Waals surface area contributed by atoms with Crippen LogP contribution in [-0.2, 0) is 17.8 Å². The molecule has 1 amide bonds. The van der Waals surface area contributed by atoms with E-state index in [9.17, 15) is 4.79 Å². The number of amides is 1. The zero-order valence-corrected chi connectivity index (χ0v) is 18.8. The summed E-state index contributed by atoms with van der Waals surface area (Å²) in [7, 11) is 1.90. The first-order chi connectivity index (χ1) is 15.7. The Bertz CT molecular complexity index is 974. The van der Waals surface area contributed by atoms with E-state index in [4.69, 9.17) is 0 Å². The van der Waals surface area contributed by atoms with Gasteiger partial charge in [-0.15, -0.1) is 0 Å². The minimum Gasteiger partial charge on any atom is -0.345 e. The highest BCUT2D eigenvalue weighted by molar-refractivity contribution is 5.75. The Morgan fingerprint density at radius 2 is 1.94 bits per heavy atom. The maximum absolute atomic E-state index is 12.6. The van der Waals surface area contributed by atoms with Gasteiger partial charge in [0.1, 0.15) is 0 Å². The lowest BCUT2D eigenvalue weighted by Crippen LogP contribution is -2.36. The molecule has 7 nitrogen and oxygen atoms in total. The van der Waals surface area contributed by atoms with Crippen molar-refractivity contribution >= 4 is 5.91 Å². The number of aromatic nitrogens is 4. The average Bonchev–Trinajstić information content (AvgIpc) is 3.30. The van der Waals surface area contributed by atoms with Gasteiger partial charge in [-0.2, -0.15) is 0 Å². The van der Waals surface area contributed by atoms with Crippen LogP contribution in [0, 0.1) is 5.92 Å².